The first-order chi connectivity index (χ1) is 11.2. The second-order valence-electron chi connectivity index (χ2n) is 5.57. The molecule has 0 aliphatic carbocycles. The summed E-state index contributed by atoms with van der Waals surface area (Å²) in [5.41, 5.74) is 1.73. The predicted molar refractivity (Wildman–Crippen MR) is 91.9 cm³/mol. The molecule has 0 aromatic heterocycles. The highest BCUT2D eigenvalue weighted by atomic mass is 16.5. The topological polar surface area (TPSA) is 38.8 Å². The molecule has 1 aliphatic rings. The van der Waals surface area contributed by atoms with Crippen LogP contribution in [0.2, 0.25) is 0 Å². The highest BCUT2D eigenvalue weighted by Gasteiger charge is 2.30. The fourth-order valence-corrected chi connectivity index (χ4v) is 3.56. The number of hydrogen-bond donors (Lipinski definition) is 0. The molecule has 23 heavy (non-hydrogen) atoms. The van der Waals surface area contributed by atoms with Crippen LogP contribution in [0.5, 0.6) is 11.5 Å². The molecule has 0 bridgehead atoms. The Labute approximate surface area is 134 Å². The summed E-state index contributed by atoms with van der Waals surface area (Å²) in [7, 11) is 3.27. The molecule has 3 aromatic carbocycles. The highest BCUT2D eigenvalue weighted by Crippen LogP contribution is 2.46. The average Bonchev–Trinajstić information content (AvgIpc) is 2.86. The number of nitrogens with zero attached hydrogens (tertiary/aromatic N) is 1. The summed E-state index contributed by atoms with van der Waals surface area (Å²) in [6.45, 7) is 2.65. The van der Waals surface area contributed by atoms with Crippen LogP contribution in [0.3, 0.4) is 0 Å². The Bertz CT molecular complexity index is 962. The van der Waals surface area contributed by atoms with Crippen molar-refractivity contribution in [2.45, 2.75) is 6.92 Å². The second kappa shape index (κ2) is 4.88. The predicted octanol–water partition coefficient (Wildman–Crippen LogP) is 3.99. The number of benzene rings is 3. The minimum atomic E-state index is 0.0642. The van der Waals surface area contributed by atoms with E-state index in [4.69, 9.17) is 9.47 Å². The smallest absolute Gasteiger partial charge is 0.258 e. The van der Waals surface area contributed by atoms with Crippen molar-refractivity contribution in [3.63, 3.8) is 0 Å². The Hall–Kier alpha value is -2.75. The van der Waals surface area contributed by atoms with Gasteiger partial charge in [-0.2, -0.15) is 0 Å². The summed E-state index contributed by atoms with van der Waals surface area (Å²) < 4.78 is 11.0. The second-order valence-corrected chi connectivity index (χ2v) is 5.57. The number of ether oxygens (including phenoxy) is 2. The van der Waals surface area contributed by atoms with Gasteiger partial charge in [-0.1, -0.05) is 18.2 Å². The van der Waals surface area contributed by atoms with Crippen LogP contribution in [0, 0.1) is 0 Å². The lowest BCUT2D eigenvalue weighted by Crippen LogP contribution is -2.25. The van der Waals surface area contributed by atoms with E-state index in [1.54, 1.807) is 14.2 Å². The van der Waals surface area contributed by atoms with Crippen molar-refractivity contribution in [1.82, 2.24) is 0 Å². The zero-order valence-electron chi connectivity index (χ0n) is 13.3. The number of anilines is 1. The van der Waals surface area contributed by atoms with Crippen molar-refractivity contribution in [3.05, 3.63) is 42.0 Å². The fourth-order valence-electron chi connectivity index (χ4n) is 3.56. The lowest BCUT2D eigenvalue weighted by molar-refractivity contribution is 0.0994. The van der Waals surface area contributed by atoms with Crippen molar-refractivity contribution < 1.29 is 14.3 Å². The third-order valence-electron chi connectivity index (χ3n) is 4.54. The van der Waals surface area contributed by atoms with Gasteiger partial charge in [0.25, 0.3) is 5.91 Å². The van der Waals surface area contributed by atoms with Gasteiger partial charge in [-0.3, -0.25) is 4.79 Å². The maximum absolute atomic E-state index is 12.6. The molecule has 3 aromatic rings. The molecule has 0 saturated carbocycles. The van der Waals surface area contributed by atoms with Crippen LogP contribution in [0.25, 0.3) is 21.5 Å². The van der Waals surface area contributed by atoms with Gasteiger partial charge < -0.3 is 14.4 Å². The molecule has 0 unspecified atom stereocenters. The number of methoxy groups -OCH3 is 2. The highest BCUT2D eigenvalue weighted by molar-refractivity contribution is 6.30. The van der Waals surface area contributed by atoms with E-state index in [0.717, 1.165) is 32.8 Å². The summed E-state index contributed by atoms with van der Waals surface area (Å²) in [5, 5.41) is 4.04. The molecule has 0 saturated heterocycles. The first-order valence-electron chi connectivity index (χ1n) is 7.63. The van der Waals surface area contributed by atoms with Crippen LogP contribution in [-0.4, -0.2) is 26.7 Å². The van der Waals surface area contributed by atoms with Crippen molar-refractivity contribution in [3.8, 4) is 11.5 Å². The zero-order valence-corrected chi connectivity index (χ0v) is 13.3. The van der Waals surface area contributed by atoms with E-state index in [0.29, 0.717) is 18.0 Å². The van der Waals surface area contributed by atoms with Crippen molar-refractivity contribution in [2.24, 2.45) is 0 Å². The van der Waals surface area contributed by atoms with E-state index in [9.17, 15) is 4.79 Å². The number of carbonyl (C=O) groups excluding carboxylic acids is 1. The van der Waals surface area contributed by atoms with Crippen LogP contribution < -0.4 is 14.4 Å². The molecule has 0 radical (unpaired) electrons. The molecule has 4 rings (SSSR count). The van der Waals surface area contributed by atoms with E-state index in [-0.39, 0.29) is 5.91 Å². The van der Waals surface area contributed by atoms with Gasteiger partial charge in [-0.15, -0.1) is 0 Å². The molecule has 0 spiro atoms. The molecule has 0 atom stereocenters. The van der Waals surface area contributed by atoms with Crippen LogP contribution >= 0.6 is 0 Å². The van der Waals surface area contributed by atoms with Gasteiger partial charge in [0.15, 0.2) is 11.5 Å². The molecule has 1 amide bonds. The van der Waals surface area contributed by atoms with Gasteiger partial charge in [0, 0.05) is 22.9 Å². The first kappa shape index (κ1) is 13.9. The van der Waals surface area contributed by atoms with Crippen molar-refractivity contribution in [1.29, 1.82) is 0 Å². The molecular weight excluding hydrogens is 290 g/mol. The minimum absolute atomic E-state index is 0.0642. The van der Waals surface area contributed by atoms with Crippen molar-refractivity contribution >= 4 is 33.1 Å². The zero-order chi connectivity index (χ0) is 16.1. The van der Waals surface area contributed by atoms with Crippen LogP contribution in [0.4, 0.5) is 5.69 Å². The number of fused-ring (bicyclic) bond motifs is 2. The van der Waals surface area contributed by atoms with Crippen molar-refractivity contribution in [2.75, 3.05) is 25.7 Å². The normalized spacial score (nSPS) is 13.2. The number of carbonyl (C=O) groups is 1. The lowest BCUT2D eigenvalue weighted by Gasteiger charge is -2.17. The van der Waals surface area contributed by atoms with Gasteiger partial charge in [0.2, 0.25) is 0 Å². The summed E-state index contributed by atoms with van der Waals surface area (Å²) in [5.74, 6) is 1.46. The van der Waals surface area contributed by atoms with E-state index in [2.05, 4.69) is 6.07 Å². The summed E-state index contributed by atoms with van der Waals surface area (Å²) in [6.07, 6.45) is 0. The summed E-state index contributed by atoms with van der Waals surface area (Å²) >= 11 is 0. The maximum atomic E-state index is 12.6. The number of amides is 1. The molecule has 1 aliphatic heterocycles. The maximum Gasteiger partial charge on any atom is 0.258 e. The monoisotopic (exact) mass is 307 g/mol. The Kier molecular flexibility index (Phi) is 2.94. The molecule has 116 valence electrons. The third-order valence-corrected chi connectivity index (χ3v) is 4.54. The Balaban J connectivity index is 2.23. The molecule has 1 heterocycles. The quantitative estimate of drug-likeness (QED) is 0.687. The Morgan fingerprint density at radius 3 is 2.57 bits per heavy atom. The summed E-state index contributed by atoms with van der Waals surface area (Å²) in [6, 6.07) is 11.8. The Morgan fingerprint density at radius 2 is 1.87 bits per heavy atom. The molecule has 0 N–H and O–H groups in total. The first-order valence-corrected chi connectivity index (χ1v) is 7.63. The molecule has 4 heteroatoms. The minimum Gasteiger partial charge on any atom is -0.493 e. The van der Waals surface area contributed by atoms with Gasteiger partial charge in [0.1, 0.15) is 0 Å². The van der Waals surface area contributed by atoms with Crippen LogP contribution in [0.15, 0.2) is 36.4 Å². The third kappa shape index (κ3) is 1.69. The van der Waals surface area contributed by atoms with Gasteiger partial charge in [0.05, 0.1) is 19.9 Å². The van der Waals surface area contributed by atoms with Crippen LogP contribution in [-0.2, 0) is 0 Å². The van der Waals surface area contributed by atoms with E-state index < -0.39 is 0 Å². The number of hydrogen-bond acceptors (Lipinski definition) is 3. The largest absolute Gasteiger partial charge is 0.493 e. The van der Waals surface area contributed by atoms with E-state index in [1.165, 1.54) is 0 Å². The number of rotatable bonds is 3. The van der Waals surface area contributed by atoms with Crippen LogP contribution in [0.1, 0.15) is 17.3 Å². The summed E-state index contributed by atoms with van der Waals surface area (Å²) in [4.78, 5) is 14.5. The Morgan fingerprint density at radius 1 is 1.04 bits per heavy atom. The SMILES string of the molecule is CCN1C(=O)c2cccc3c2c1cc1ccc(OC)c(OC)c13. The molecular formula is C19H17NO3. The molecule has 4 nitrogen and oxygen atoms in total. The fraction of sp³-hybridized carbons (Fsp3) is 0.211. The van der Waals surface area contributed by atoms with Gasteiger partial charge in [-0.25, -0.2) is 0 Å². The standard InChI is InChI=1S/C19H17NO3/c1-4-20-14-10-11-8-9-15(22-2)18(23-3)16(11)12-6-5-7-13(17(12)14)19(20)21/h5-10H,4H2,1-3H3. The average molecular weight is 307 g/mol. The lowest BCUT2D eigenvalue weighted by atomic mass is 9.97. The molecule has 0 fully saturated rings. The van der Waals surface area contributed by atoms with E-state index in [1.807, 2.05) is 42.2 Å². The van der Waals surface area contributed by atoms with E-state index >= 15 is 0 Å². The van der Waals surface area contributed by atoms with Gasteiger partial charge >= 0.3 is 0 Å². The van der Waals surface area contributed by atoms with Gasteiger partial charge in [-0.05, 0) is 35.9 Å².